The zero-order valence-electron chi connectivity index (χ0n) is 10.5. The summed E-state index contributed by atoms with van der Waals surface area (Å²) >= 11 is 5.86. The first-order valence-corrected chi connectivity index (χ1v) is 6.18. The molecule has 0 saturated carbocycles. The zero-order valence-corrected chi connectivity index (χ0v) is 11.2. The van der Waals surface area contributed by atoms with Gasteiger partial charge in [-0.1, -0.05) is 11.6 Å². The van der Waals surface area contributed by atoms with E-state index in [4.69, 9.17) is 17.3 Å². The van der Waals surface area contributed by atoms with Gasteiger partial charge >= 0.3 is 0 Å². The van der Waals surface area contributed by atoms with E-state index in [-0.39, 0.29) is 5.91 Å². The van der Waals surface area contributed by atoms with Crippen LogP contribution in [0.4, 0.5) is 5.69 Å². The number of nitrogens with one attached hydrogen (secondary N) is 1. The van der Waals surface area contributed by atoms with Gasteiger partial charge in [0, 0.05) is 29.6 Å². The Morgan fingerprint density at radius 2 is 2.21 bits per heavy atom. The second kappa shape index (κ2) is 5.71. The molecule has 98 valence electrons. The quantitative estimate of drug-likeness (QED) is 0.846. The Balaban J connectivity index is 2.10. The summed E-state index contributed by atoms with van der Waals surface area (Å²) in [5, 5.41) is 3.30. The van der Waals surface area contributed by atoms with Gasteiger partial charge in [0.1, 0.15) is 0 Å². The number of benzene rings is 1. The normalized spacial score (nSPS) is 10.2. The molecule has 2 aromatic rings. The molecule has 0 radical (unpaired) electrons. The van der Waals surface area contributed by atoms with Crippen LogP contribution in [0.3, 0.4) is 0 Å². The lowest BCUT2D eigenvalue weighted by Crippen LogP contribution is -2.24. The third-order valence-electron chi connectivity index (χ3n) is 2.84. The molecule has 19 heavy (non-hydrogen) atoms. The fourth-order valence-corrected chi connectivity index (χ4v) is 1.87. The molecule has 3 N–H and O–H groups in total. The Morgan fingerprint density at radius 3 is 2.95 bits per heavy atom. The smallest absolute Gasteiger partial charge is 0.253 e. The summed E-state index contributed by atoms with van der Waals surface area (Å²) in [6.07, 6.45) is 3.46. The molecule has 1 heterocycles. The van der Waals surface area contributed by atoms with Crippen molar-refractivity contribution in [2.45, 2.75) is 13.5 Å². The number of nitrogens with two attached hydrogens (primary N) is 1. The maximum Gasteiger partial charge on any atom is 0.253 e. The summed E-state index contributed by atoms with van der Waals surface area (Å²) < 4.78 is 0. The second-order valence-corrected chi connectivity index (χ2v) is 4.65. The van der Waals surface area contributed by atoms with Crippen molar-refractivity contribution in [1.82, 2.24) is 10.3 Å². The lowest BCUT2D eigenvalue weighted by atomic mass is 10.1. The number of aromatic nitrogens is 1. The highest BCUT2D eigenvalue weighted by Gasteiger charge is 2.10. The number of amides is 1. The average Bonchev–Trinajstić information content (AvgIpc) is 2.40. The van der Waals surface area contributed by atoms with Crippen molar-refractivity contribution < 1.29 is 4.79 Å². The van der Waals surface area contributed by atoms with Crippen LogP contribution < -0.4 is 11.1 Å². The van der Waals surface area contributed by atoms with E-state index >= 15 is 0 Å². The van der Waals surface area contributed by atoms with Gasteiger partial charge in [-0.25, -0.2) is 0 Å². The first-order valence-electron chi connectivity index (χ1n) is 5.80. The molecule has 1 aromatic carbocycles. The number of rotatable bonds is 3. The Bertz CT molecular complexity index is 613. The second-order valence-electron chi connectivity index (χ2n) is 4.22. The van der Waals surface area contributed by atoms with Crippen molar-refractivity contribution in [3.8, 4) is 0 Å². The molecule has 0 bridgehead atoms. The molecule has 0 aliphatic heterocycles. The summed E-state index contributed by atoms with van der Waals surface area (Å²) in [6, 6.07) is 6.71. The lowest BCUT2D eigenvalue weighted by molar-refractivity contribution is 0.0952. The van der Waals surface area contributed by atoms with Crippen molar-refractivity contribution >= 4 is 23.2 Å². The number of anilines is 1. The van der Waals surface area contributed by atoms with Crippen LogP contribution in [-0.2, 0) is 6.54 Å². The third kappa shape index (κ3) is 3.23. The minimum absolute atomic E-state index is 0.240. The SMILES string of the molecule is Cc1cnccc1CNC(=O)c1cc(Cl)ccc1N. The van der Waals surface area contributed by atoms with Crippen LogP contribution >= 0.6 is 11.6 Å². The molecule has 1 amide bonds. The van der Waals surface area contributed by atoms with E-state index in [1.807, 2.05) is 13.0 Å². The van der Waals surface area contributed by atoms with Crippen molar-refractivity contribution in [2.75, 3.05) is 5.73 Å². The number of hydrogen-bond acceptors (Lipinski definition) is 3. The van der Waals surface area contributed by atoms with Crippen molar-refractivity contribution in [3.63, 3.8) is 0 Å². The number of hydrogen-bond donors (Lipinski definition) is 2. The molecular weight excluding hydrogens is 262 g/mol. The molecule has 0 spiro atoms. The van der Waals surface area contributed by atoms with Gasteiger partial charge in [0.05, 0.1) is 5.56 Å². The van der Waals surface area contributed by atoms with E-state index in [2.05, 4.69) is 10.3 Å². The van der Waals surface area contributed by atoms with Crippen LogP contribution in [0, 0.1) is 6.92 Å². The molecule has 1 aromatic heterocycles. The molecule has 0 fully saturated rings. The monoisotopic (exact) mass is 275 g/mol. The van der Waals surface area contributed by atoms with Crippen LogP contribution in [0.25, 0.3) is 0 Å². The third-order valence-corrected chi connectivity index (χ3v) is 3.07. The summed E-state index contributed by atoms with van der Waals surface area (Å²) in [4.78, 5) is 16.0. The molecule has 0 unspecified atom stereocenters. The molecule has 5 heteroatoms. The van der Waals surface area contributed by atoms with Gasteiger partial charge in [0.2, 0.25) is 0 Å². The van der Waals surface area contributed by atoms with Crippen LogP contribution in [0.15, 0.2) is 36.7 Å². The number of halogens is 1. The van der Waals surface area contributed by atoms with E-state index in [1.165, 1.54) is 0 Å². The van der Waals surface area contributed by atoms with Crippen LogP contribution in [-0.4, -0.2) is 10.9 Å². The molecule has 0 atom stereocenters. The van der Waals surface area contributed by atoms with Crippen LogP contribution in [0.5, 0.6) is 0 Å². The number of carbonyl (C=O) groups excluding carboxylic acids is 1. The highest BCUT2D eigenvalue weighted by atomic mass is 35.5. The van der Waals surface area contributed by atoms with Gasteiger partial charge in [-0.3, -0.25) is 9.78 Å². The van der Waals surface area contributed by atoms with Crippen molar-refractivity contribution in [2.24, 2.45) is 0 Å². The largest absolute Gasteiger partial charge is 0.398 e. The summed E-state index contributed by atoms with van der Waals surface area (Å²) in [7, 11) is 0. The van der Waals surface area contributed by atoms with Gasteiger partial charge in [0.25, 0.3) is 5.91 Å². The van der Waals surface area contributed by atoms with Gasteiger partial charge in [-0.05, 0) is 42.3 Å². The minimum atomic E-state index is -0.240. The number of pyridine rings is 1. The fourth-order valence-electron chi connectivity index (χ4n) is 1.70. The molecule has 0 aliphatic carbocycles. The highest BCUT2D eigenvalue weighted by Crippen LogP contribution is 2.18. The maximum atomic E-state index is 12.0. The van der Waals surface area contributed by atoms with E-state index in [0.29, 0.717) is 22.8 Å². The van der Waals surface area contributed by atoms with Gasteiger partial charge in [-0.15, -0.1) is 0 Å². The topological polar surface area (TPSA) is 68.0 Å². The maximum absolute atomic E-state index is 12.0. The van der Waals surface area contributed by atoms with Crippen molar-refractivity contribution in [3.05, 3.63) is 58.4 Å². The molecule has 0 saturated heterocycles. The fraction of sp³-hybridized carbons (Fsp3) is 0.143. The number of nitrogens with zero attached hydrogens (tertiary/aromatic N) is 1. The van der Waals surface area contributed by atoms with Crippen molar-refractivity contribution in [1.29, 1.82) is 0 Å². The number of carbonyl (C=O) groups is 1. The van der Waals surface area contributed by atoms with Crippen LogP contribution in [0.1, 0.15) is 21.5 Å². The molecule has 2 rings (SSSR count). The lowest BCUT2D eigenvalue weighted by Gasteiger charge is -2.09. The van der Waals surface area contributed by atoms with E-state index in [1.54, 1.807) is 30.6 Å². The Labute approximate surface area is 116 Å². The van der Waals surface area contributed by atoms with Gasteiger partial charge in [-0.2, -0.15) is 0 Å². The van der Waals surface area contributed by atoms with E-state index in [0.717, 1.165) is 11.1 Å². The highest BCUT2D eigenvalue weighted by molar-refractivity contribution is 6.31. The summed E-state index contributed by atoms with van der Waals surface area (Å²) in [6.45, 7) is 2.38. The summed E-state index contributed by atoms with van der Waals surface area (Å²) in [5.41, 5.74) is 8.61. The predicted molar refractivity (Wildman–Crippen MR) is 76.0 cm³/mol. The van der Waals surface area contributed by atoms with Crippen LogP contribution in [0.2, 0.25) is 5.02 Å². The Kier molecular flexibility index (Phi) is 4.02. The predicted octanol–water partition coefficient (Wildman–Crippen LogP) is 2.56. The molecule has 4 nitrogen and oxygen atoms in total. The molecule has 0 aliphatic rings. The van der Waals surface area contributed by atoms with E-state index in [9.17, 15) is 4.79 Å². The first kappa shape index (κ1) is 13.4. The Morgan fingerprint density at radius 1 is 1.42 bits per heavy atom. The first-order chi connectivity index (χ1) is 9.08. The zero-order chi connectivity index (χ0) is 13.8. The number of nitrogen functional groups attached to an aromatic ring is 1. The van der Waals surface area contributed by atoms with Gasteiger partial charge < -0.3 is 11.1 Å². The minimum Gasteiger partial charge on any atom is -0.398 e. The van der Waals surface area contributed by atoms with E-state index < -0.39 is 0 Å². The standard InChI is InChI=1S/C14H14ClN3O/c1-9-7-17-5-4-10(9)8-18-14(19)12-6-11(15)2-3-13(12)16/h2-7H,8,16H2,1H3,(H,18,19). The Hall–Kier alpha value is -2.07. The summed E-state index contributed by atoms with van der Waals surface area (Å²) in [5.74, 6) is -0.240. The average molecular weight is 276 g/mol. The number of aryl methyl sites for hydroxylation is 1. The molecular formula is C14H14ClN3O. The van der Waals surface area contributed by atoms with Gasteiger partial charge in [0.15, 0.2) is 0 Å².